The molecule has 0 aliphatic heterocycles. The summed E-state index contributed by atoms with van der Waals surface area (Å²) in [5, 5.41) is 10.5. The van der Waals surface area contributed by atoms with Crippen LogP contribution in [-0.2, 0) is 0 Å². The second-order valence-corrected chi connectivity index (χ2v) is 4.95. The zero-order valence-corrected chi connectivity index (χ0v) is 11.5. The Hall–Kier alpha value is -2.05. The molecule has 110 valence electrons. The van der Waals surface area contributed by atoms with Gasteiger partial charge in [0.05, 0.1) is 16.6 Å². The van der Waals surface area contributed by atoms with E-state index in [4.69, 9.17) is 0 Å². The Balaban J connectivity index is 2.99. The van der Waals surface area contributed by atoms with Crippen LogP contribution in [0.3, 0.4) is 0 Å². The molecular formula is C13H16F2N2O3. The van der Waals surface area contributed by atoms with Crippen molar-refractivity contribution in [3.63, 3.8) is 0 Å². The highest BCUT2D eigenvalue weighted by Gasteiger charge is 2.23. The summed E-state index contributed by atoms with van der Waals surface area (Å²) in [6, 6.07) is 1.00. The summed E-state index contributed by atoms with van der Waals surface area (Å²) in [7, 11) is 1.48. The number of carbonyl (C=O) groups is 1. The molecule has 20 heavy (non-hydrogen) atoms. The van der Waals surface area contributed by atoms with Crippen molar-refractivity contribution in [2.24, 2.45) is 5.92 Å². The predicted octanol–water partition coefficient (Wildman–Crippen LogP) is 2.99. The highest BCUT2D eigenvalue weighted by molar-refractivity contribution is 5.94. The normalized spacial score (nSPS) is 10.7. The van der Waals surface area contributed by atoms with Crippen LogP contribution in [0, 0.1) is 27.7 Å². The Kier molecular flexibility index (Phi) is 5.12. The molecule has 1 rings (SSSR count). The average Bonchev–Trinajstić information content (AvgIpc) is 2.36. The van der Waals surface area contributed by atoms with Crippen LogP contribution < -0.4 is 0 Å². The van der Waals surface area contributed by atoms with Gasteiger partial charge in [0.25, 0.3) is 5.91 Å². The first kappa shape index (κ1) is 16.0. The van der Waals surface area contributed by atoms with Gasteiger partial charge in [0.15, 0.2) is 0 Å². The zero-order chi connectivity index (χ0) is 15.4. The van der Waals surface area contributed by atoms with Crippen molar-refractivity contribution in [2.45, 2.75) is 20.3 Å². The van der Waals surface area contributed by atoms with Crippen LogP contribution in [-0.4, -0.2) is 29.3 Å². The Morgan fingerprint density at radius 1 is 1.35 bits per heavy atom. The fraction of sp³-hybridized carbons (Fsp3) is 0.462. The highest BCUT2D eigenvalue weighted by Crippen LogP contribution is 2.22. The van der Waals surface area contributed by atoms with E-state index in [2.05, 4.69) is 0 Å². The first-order chi connectivity index (χ1) is 9.23. The summed E-state index contributed by atoms with van der Waals surface area (Å²) in [6.07, 6.45) is 0.722. The molecule has 0 saturated carbocycles. The van der Waals surface area contributed by atoms with Crippen LogP contribution >= 0.6 is 0 Å². The molecule has 0 spiro atoms. The minimum absolute atomic E-state index is 0.365. The molecule has 0 saturated heterocycles. The molecule has 0 aliphatic rings. The van der Waals surface area contributed by atoms with Crippen LogP contribution in [0.25, 0.3) is 0 Å². The third-order valence-electron chi connectivity index (χ3n) is 2.85. The van der Waals surface area contributed by atoms with Crippen LogP contribution in [0.2, 0.25) is 0 Å². The fourth-order valence-corrected chi connectivity index (χ4v) is 1.60. The van der Waals surface area contributed by atoms with Crippen molar-refractivity contribution < 1.29 is 18.5 Å². The van der Waals surface area contributed by atoms with Crippen molar-refractivity contribution in [3.05, 3.63) is 39.4 Å². The third kappa shape index (κ3) is 3.72. The molecule has 0 heterocycles. The molecule has 1 aromatic rings. The predicted molar refractivity (Wildman–Crippen MR) is 69.4 cm³/mol. The summed E-state index contributed by atoms with van der Waals surface area (Å²) in [6.45, 7) is 4.35. The van der Waals surface area contributed by atoms with E-state index < -0.39 is 33.7 Å². The minimum atomic E-state index is -1.22. The van der Waals surface area contributed by atoms with E-state index in [9.17, 15) is 23.7 Å². The van der Waals surface area contributed by atoms with Gasteiger partial charge in [0.1, 0.15) is 5.82 Å². The van der Waals surface area contributed by atoms with Gasteiger partial charge in [-0.2, -0.15) is 4.39 Å². The molecule has 0 unspecified atom stereocenters. The Morgan fingerprint density at radius 2 is 1.95 bits per heavy atom. The second kappa shape index (κ2) is 6.40. The van der Waals surface area contributed by atoms with Gasteiger partial charge in [0, 0.05) is 13.6 Å². The van der Waals surface area contributed by atoms with E-state index in [0.717, 1.165) is 6.42 Å². The second-order valence-electron chi connectivity index (χ2n) is 4.95. The van der Waals surface area contributed by atoms with Crippen LogP contribution in [0.1, 0.15) is 30.6 Å². The number of halogens is 2. The molecule has 1 aromatic carbocycles. The van der Waals surface area contributed by atoms with Gasteiger partial charge in [-0.3, -0.25) is 14.9 Å². The van der Waals surface area contributed by atoms with Crippen LogP contribution in [0.15, 0.2) is 12.1 Å². The highest BCUT2D eigenvalue weighted by atomic mass is 19.1. The van der Waals surface area contributed by atoms with Gasteiger partial charge in [-0.15, -0.1) is 0 Å². The molecule has 0 fully saturated rings. The van der Waals surface area contributed by atoms with Gasteiger partial charge < -0.3 is 4.90 Å². The molecule has 7 heteroatoms. The summed E-state index contributed by atoms with van der Waals surface area (Å²) in [5.74, 6) is -2.66. The van der Waals surface area contributed by atoms with Gasteiger partial charge >= 0.3 is 5.69 Å². The summed E-state index contributed by atoms with van der Waals surface area (Å²) >= 11 is 0. The number of nitro groups is 1. The fourth-order valence-electron chi connectivity index (χ4n) is 1.60. The van der Waals surface area contributed by atoms with Crippen molar-refractivity contribution in [2.75, 3.05) is 13.6 Å². The van der Waals surface area contributed by atoms with Crippen LogP contribution in [0.5, 0.6) is 0 Å². The molecule has 0 N–H and O–H groups in total. The van der Waals surface area contributed by atoms with Crippen molar-refractivity contribution in [1.82, 2.24) is 4.90 Å². The number of amides is 1. The number of benzene rings is 1. The van der Waals surface area contributed by atoms with Gasteiger partial charge in [-0.25, -0.2) is 4.39 Å². The number of nitro benzene ring substituents is 1. The zero-order valence-electron chi connectivity index (χ0n) is 11.5. The molecule has 0 aromatic heterocycles. The lowest BCUT2D eigenvalue weighted by Crippen LogP contribution is -2.29. The Morgan fingerprint density at radius 3 is 2.45 bits per heavy atom. The lowest BCUT2D eigenvalue weighted by atomic mass is 10.1. The molecule has 0 aliphatic carbocycles. The standard InChI is InChI=1S/C13H16F2N2O3/c1-8(2)4-5-16(3)13(18)9-6-11(15)12(17(19)20)7-10(9)14/h6-8H,4-5H2,1-3H3. The Bertz CT molecular complexity index is 533. The van der Waals surface area contributed by atoms with E-state index in [-0.39, 0.29) is 0 Å². The van der Waals surface area contributed by atoms with E-state index in [1.165, 1.54) is 11.9 Å². The maximum atomic E-state index is 13.7. The van der Waals surface area contributed by atoms with Gasteiger partial charge in [0.2, 0.25) is 5.82 Å². The van der Waals surface area contributed by atoms with Gasteiger partial charge in [-0.05, 0) is 18.4 Å². The maximum absolute atomic E-state index is 13.7. The van der Waals surface area contributed by atoms with E-state index in [1.54, 1.807) is 0 Å². The summed E-state index contributed by atoms with van der Waals surface area (Å²) < 4.78 is 27.1. The topological polar surface area (TPSA) is 63.5 Å². The molecule has 5 nitrogen and oxygen atoms in total. The lowest BCUT2D eigenvalue weighted by Gasteiger charge is -2.18. The minimum Gasteiger partial charge on any atom is -0.342 e. The third-order valence-corrected chi connectivity index (χ3v) is 2.85. The first-order valence-corrected chi connectivity index (χ1v) is 6.13. The Labute approximate surface area is 115 Å². The van der Waals surface area contributed by atoms with Crippen molar-refractivity contribution in [3.8, 4) is 0 Å². The SMILES string of the molecule is CC(C)CCN(C)C(=O)c1cc(F)c([N+](=O)[O-])cc1F. The smallest absolute Gasteiger partial charge is 0.307 e. The van der Waals surface area contributed by atoms with Crippen molar-refractivity contribution >= 4 is 11.6 Å². The van der Waals surface area contributed by atoms with Crippen molar-refractivity contribution in [1.29, 1.82) is 0 Å². The number of hydrogen-bond acceptors (Lipinski definition) is 3. The van der Waals surface area contributed by atoms with E-state index >= 15 is 0 Å². The summed E-state index contributed by atoms with van der Waals surface area (Å²) in [4.78, 5) is 22.7. The van der Waals surface area contributed by atoms with Gasteiger partial charge in [-0.1, -0.05) is 13.8 Å². The molecular weight excluding hydrogens is 270 g/mol. The number of hydrogen-bond donors (Lipinski definition) is 0. The molecule has 0 radical (unpaired) electrons. The average molecular weight is 286 g/mol. The van der Waals surface area contributed by atoms with Crippen LogP contribution in [0.4, 0.5) is 14.5 Å². The molecule has 1 amide bonds. The lowest BCUT2D eigenvalue weighted by molar-refractivity contribution is -0.387. The molecule has 0 atom stereocenters. The monoisotopic (exact) mass is 286 g/mol. The quantitative estimate of drug-likeness (QED) is 0.617. The number of rotatable bonds is 5. The van der Waals surface area contributed by atoms with E-state index in [1.807, 2.05) is 13.8 Å². The number of nitrogens with zero attached hydrogens (tertiary/aromatic N) is 2. The summed E-state index contributed by atoms with van der Waals surface area (Å²) in [5.41, 5.74) is -1.48. The maximum Gasteiger partial charge on any atom is 0.307 e. The molecule has 0 bridgehead atoms. The van der Waals surface area contributed by atoms with E-state index in [0.29, 0.717) is 24.6 Å². The largest absolute Gasteiger partial charge is 0.342 e. The first-order valence-electron chi connectivity index (χ1n) is 6.13. The number of carbonyl (C=O) groups excluding carboxylic acids is 1.